The Bertz CT molecular complexity index is 829. The number of sulfone groups is 1. The number of aryl methyl sites for hydroxylation is 2. The molecule has 1 aliphatic heterocycles. The van der Waals surface area contributed by atoms with Crippen LogP contribution in [0.15, 0.2) is 23.1 Å². The Labute approximate surface area is 135 Å². The zero-order valence-electron chi connectivity index (χ0n) is 12.9. The second-order valence-electron chi connectivity index (χ2n) is 5.77. The summed E-state index contributed by atoms with van der Waals surface area (Å²) in [6.45, 7) is 2.70. The molecule has 1 atom stereocenters. The Balaban J connectivity index is 2.47. The number of carboxylic acids is 1. The zero-order valence-corrected chi connectivity index (χ0v) is 14.5. The van der Waals surface area contributed by atoms with Gasteiger partial charge in [0.2, 0.25) is 10.0 Å². The Kier molecular flexibility index (Phi) is 4.84. The molecule has 1 saturated heterocycles. The van der Waals surface area contributed by atoms with Gasteiger partial charge >= 0.3 is 5.97 Å². The Morgan fingerprint density at radius 1 is 1.35 bits per heavy atom. The number of nitrogens with zero attached hydrogens (tertiary/aromatic N) is 1. The van der Waals surface area contributed by atoms with Crippen LogP contribution in [0.3, 0.4) is 0 Å². The van der Waals surface area contributed by atoms with Gasteiger partial charge in [-0.25, -0.2) is 16.8 Å². The number of hydrogen-bond acceptors (Lipinski definition) is 5. The lowest BCUT2D eigenvalue weighted by Crippen LogP contribution is -2.44. The van der Waals surface area contributed by atoms with E-state index < -0.39 is 38.4 Å². The lowest BCUT2D eigenvalue weighted by Gasteiger charge is -2.26. The second kappa shape index (κ2) is 6.21. The highest BCUT2D eigenvalue weighted by Crippen LogP contribution is 2.27. The van der Waals surface area contributed by atoms with Crippen LogP contribution in [0.5, 0.6) is 0 Å². The highest BCUT2D eigenvalue weighted by molar-refractivity contribution is 7.92. The quantitative estimate of drug-likeness (QED) is 0.821. The summed E-state index contributed by atoms with van der Waals surface area (Å²) in [6, 6.07) is 3.90. The topological polar surface area (TPSA) is 109 Å². The van der Waals surface area contributed by atoms with E-state index in [4.69, 9.17) is 5.11 Å². The molecule has 0 saturated carbocycles. The molecule has 0 spiro atoms. The maximum Gasteiger partial charge on any atom is 0.318 e. The van der Waals surface area contributed by atoms with Gasteiger partial charge in [0, 0.05) is 6.04 Å². The van der Waals surface area contributed by atoms with E-state index in [0.29, 0.717) is 5.56 Å². The molecule has 0 aliphatic carbocycles. The number of rotatable bonds is 5. The van der Waals surface area contributed by atoms with Crippen LogP contribution >= 0.6 is 0 Å². The van der Waals surface area contributed by atoms with E-state index in [9.17, 15) is 21.6 Å². The number of sulfonamides is 1. The summed E-state index contributed by atoms with van der Waals surface area (Å²) < 4.78 is 49.8. The average molecular weight is 361 g/mol. The number of hydrogen-bond donors (Lipinski definition) is 1. The van der Waals surface area contributed by atoms with Crippen molar-refractivity contribution in [3.05, 3.63) is 29.3 Å². The monoisotopic (exact) mass is 361 g/mol. The number of carboxylic acid groups (broad SMARTS) is 1. The third-order valence-corrected chi connectivity index (χ3v) is 7.63. The van der Waals surface area contributed by atoms with E-state index in [2.05, 4.69) is 0 Å². The molecule has 0 bridgehead atoms. The van der Waals surface area contributed by atoms with Crippen LogP contribution in [-0.2, 0) is 24.7 Å². The third-order valence-electron chi connectivity index (χ3n) is 3.82. The normalized spacial score (nSPS) is 20.7. The van der Waals surface area contributed by atoms with Gasteiger partial charge in [-0.3, -0.25) is 4.79 Å². The first kappa shape index (κ1) is 17.9. The maximum atomic E-state index is 12.9. The van der Waals surface area contributed by atoms with E-state index in [1.54, 1.807) is 19.1 Å². The van der Waals surface area contributed by atoms with E-state index in [0.717, 1.165) is 9.87 Å². The summed E-state index contributed by atoms with van der Waals surface area (Å²) in [4.78, 5) is 11.1. The van der Waals surface area contributed by atoms with Crippen LogP contribution in [0.1, 0.15) is 17.5 Å². The fourth-order valence-corrected chi connectivity index (χ4v) is 6.40. The van der Waals surface area contributed by atoms with Crippen molar-refractivity contribution in [3.63, 3.8) is 0 Å². The largest absolute Gasteiger partial charge is 0.480 e. The molecule has 23 heavy (non-hydrogen) atoms. The van der Waals surface area contributed by atoms with E-state index >= 15 is 0 Å². The van der Waals surface area contributed by atoms with E-state index in [1.807, 2.05) is 6.92 Å². The van der Waals surface area contributed by atoms with Gasteiger partial charge in [0.25, 0.3) is 0 Å². The first-order chi connectivity index (χ1) is 10.5. The summed E-state index contributed by atoms with van der Waals surface area (Å²) in [7, 11) is -7.42. The van der Waals surface area contributed by atoms with Gasteiger partial charge in [0.05, 0.1) is 16.4 Å². The summed E-state index contributed by atoms with van der Waals surface area (Å²) in [6.07, 6.45) is 0.111. The molecule has 1 fully saturated rings. The Morgan fingerprint density at radius 2 is 2.00 bits per heavy atom. The van der Waals surface area contributed by atoms with Crippen LogP contribution in [0.2, 0.25) is 0 Å². The molecular formula is C14H19NO6S2. The minimum atomic E-state index is -4.09. The fraction of sp³-hybridized carbons (Fsp3) is 0.500. The van der Waals surface area contributed by atoms with Crippen molar-refractivity contribution in [1.82, 2.24) is 4.31 Å². The molecule has 128 valence electrons. The summed E-state index contributed by atoms with van der Waals surface area (Å²) >= 11 is 0. The molecule has 1 aromatic rings. The number of benzene rings is 1. The highest BCUT2D eigenvalue weighted by Gasteiger charge is 2.40. The van der Waals surface area contributed by atoms with Gasteiger partial charge in [-0.2, -0.15) is 4.31 Å². The molecule has 2 rings (SSSR count). The predicted octanol–water partition coefficient (Wildman–Crippen LogP) is 0.566. The summed E-state index contributed by atoms with van der Waals surface area (Å²) in [5.41, 5.74) is 1.39. The summed E-state index contributed by atoms with van der Waals surface area (Å²) in [5.74, 6) is -1.79. The molecule has 0 radical (unpaired) electrons. The van der Waals surface area contributed by atoms with Crippen LogP contribution in [0, 0.1) is 13.8 Å². The Morgan fingerprint density at radius 3 is 2.48 bits per heavy atom. The second-order valence-corrected chi connectivity index (χ2v) is 9.86. The molecular weight excluding hydrogens is 342 g/mol. The van der Waals surface area contributed by atoms with Crippen molar-refractivity contribution in [2.24, 2.45) is 0 Å². The molecule has 9 heteroatoms. The number of carbonyl (C=O) groups is 1. The SMILES string of the molecule is Cc1ccc(S(=O)(=O)N(CC(=O)O)[C@@H]2CCS(=O)(=O)C2)c(C)c1. The van der Waals surface area contributed by atoms with Gasteiger partial charge in [-0.15, -0.1) is 0 Å². The van der Waals surface area contributed by atoms with Crippen molar-refractivity contribution >= 4 is 25.8 Å². The van der Waals surface area contributed by atoms with Crippen molar-refractivity contribution in [1.29, 1.82) is 0 Å². The molecule has 1 aliphatic rings. The first-order valence-electron chi connectivity index (χ1n) is 7.04. The molecule has 7 nitrogen and oxygen atoms in total. The van der Waals surface area contributed by atoms with Gasteiger partial charge < -0.3 is 5.11 Å². The Hall–Kier alpha value is -1.45. The molecule has 0 amide bonds. The molecule has 0 unspecified atom stereocenters. The zero-order chi connectivity index (χ0) is 17.4. The van der Waals surface area contributed by atoms with E-state index in [1.165, 1.54) is 6.07 Å². The fourth-order valence-electron chi connectivity index (χ4n) is 2.76. The van der Waals surface area contributed by atoms with Gasteiger partial charge in [-0.1, -0.05) is 17.7 Å². The minimum Gasteiger partial charge on any atom is -0.480 e. The van der Waals surface area contributed by atoms with Crippen LogP contribution in [-0.4, -0.2) is 56.3 Å². The van der Waals surface area contributed by atoms with Crippen molar-refractivity contribution in [2.45, 2.75) is 31.2 Å². The standard InChI is InChI=1S/C14H19NO6S2/c1-10-3-4-13(11(2)7-10)23(20,21)15(8-14(16)17)12-5-6-22(18,19)9-12/h3-4,7,12H,5-6,8-9H2,1-2H3,(H,16,17)/t12-/m1/s1. The lowest BCUT2D eigenvalue weighted by molar-refractivity contribution is -0.137. The van der Waals surface area contributed by atoms with Gasteiger partial charge in [0.1, 0.15) is 6.54 Å². The van der Waals surface area contributed by atoms with E-state index in [-0.39, 0.29) is 22.8 Å². The van der Waals surface area contributed by atoms with Gasteiger partial charge in [0.15, 0.2) is 9.84 Å². The molecule has 1 heterocycles. The van der Waals surface area contributed by atoms with Crippen molar-refractivity contribution in [2.75, 3.05) is 18.1 Å². The average Bonchev–Trinajstić information content (AvgIpc) is 2.75. The highest BCUT2D eigenvalue weighted by atomic mass is 32.2. The lowest BCUT2D eigenvalue weighted by atomic mass is 10.2. The van der Waals surface area contributed by atoms with Crippen LogP contribution in [0.25, 0.3) is 0 Å². The van der Waals surface area contributed by atoms with Crippen LogP contribution < -0.4 is 0 Å². The number of aliphatic carboxylic acids is 1. The van der Waals surface area contributed by atoms with Crippen LogP contribution in [0.4, 0.5) is 0 Å². The first-order valence-corrected chi connectivity index (χ1v) is 10.3. The molecule has 0 aromatic heterocycles. The van der Waals surface area contributed by atoms with Crippen molar-refractivity contribution in [3.8, 4) is 0 Å². The van der Waals surface area contributed by atoms with Crippen molar-refractivity contribution < 1.29 is 26.7 Å². The van der Waals surface area contributed by atoms with Gasteiger partial charge in [-0.05, 0) is 31.9 Å². The smallest absolute Gasteiger partial charge is 0.318 e. The predicted molar refractivity (Wildman–Crippen MR) is 84.5 cm³/mol. The summed E-state index contributed by atoms with van der Waals surface area (Å²) in [5, 5.41) is 9.04. The minimum absolute atomic E-state index is 0.00801. The maximum absolute atomic E-state index is 12.9. The third kappa shape index (κ3) is 3.91. The molecule has 1 aromatic carbocycles. The molecule has 1 N–H and O–H groups in total.